The molecular formula is C20H20N6O2. The summed E-state index contributed by atoms with van der Waals surface area (Å²) in [5, 5.41) is 14.0. The number of benzene rings is 2. The standard InChI is InChI=1S/C20H20N6O2/c1-14-11-15(8-9-18(14)26-13-21-23-24-26)20(28)22-16-5-4-6-17(12-16)25-10-3-2-7-19(25)27/h4-6,8-9,11-13H,2-3,7,10H2,1H3,(H,22,28). The van der Waals surface area contributed by atoms with Crippen LogP contribution in [0.3, 0.4) is 0 Å². The number of piperidine rings is 1. The highest BCUT2D eigenvalue weighted by Crippen LogP contribution is 2.24. The fourth-order valence-corrected chi connectivity index (χ4v) is 3.36. The number of aryl methyl sites for hydroxylation is 1. The average Bonchev–Trinajstić information content (AvgIpc) is 3.23. The van der Waals surface area contributed by atoms with E-state index >= 15 is 0 Å². The fraction of sp³-hybridized carbons (Fsp3) is 0.250. The lowest BCUT2D eigenvalue weighted by Gasteiger charge is -2.27. The van der Waals surface area contributed by atoms with Crippen LogP contribution in [0.2, 0.25) is 0 Å². The maximum atomic E-state index is 12.7. The first-order chi connectivity index (χ1) is 13.6. The molecule has 8 heteroatoms. The molecule has 4 rings (SSSR count). The highest BCUT2D eigenvalue weighted by Gasteiger charge is 2.20. The van der Waals surface area contributed by atoms with Gasteiger partial charge in [0.15, 0.2) is 0 Å². The van der Waals surface area contributed by atoms with E-state index in [0.29, 0.717) is 24.2 Å². The Bertz CT molecular complexity index is 1020. The number of carbonyl (C=O) groups excluding carboxylic acids is 2. The molecule has 8 nitrogen and oxygen atoms in total. The van der Waals surface area contributed by atoms with Crippen LogP contribution >= 0.6 is 0 Å². The molecule has 0 aliphatic carbocycles. The smallest absolute Gasteiger partial charge is 0.255 e. The summed E-state index contributed by atoms with van der Waals surface area (Å²) in [6.45, 7) is 2.62. The number of hydrogen-bond donors (Lipinski definition) is 1. The first-order valence-corrected chi connectivity index (χ1v) is 9.17. The highest BCUT2D eigenvalue weighted by molar-refractivity contribution is 6.05. The summed E-state index contributed by atoms with van der Waals surface area (Å²) in [5.74, 6) is -0.0861. The number of tetrazole rings is 1. The van der Waals surface area contributed by atoms with Crippen molar-refractivity contribution in [3.63, 3.8) is 0 Å². The molecule has 1 N–H and O–H groups in total. The normalized spacial score (nSPS) is 14.2. The van der Waals surface area contributed by atoms with Crippen molar-refractivity contribution in [3.05, 3.63) is 59.9 Å². The van der Waals surface area contributed by atoms with Gasteiger partial charge >= 0.3 is 0 Å². The monoisotopic (exact) mass is 376 g/mol. The van der Waals surface area contributed by atoms with Gasteiger partial charge in [-0.05, 0) is 72.2 Å². The second-order valence-corrected chi connectivity index (χ2v) is 6.76. The van der Waals surface area contributed by atoms with Gasteiger partial charge in [-0.25, -0.2) is 4.68 Å². The Labute approximate surface area is 162 Å². The van der Waals surface area contributed by atoms with Gasteiger partial charge in [-0.15, -0.1) is 5.10 Å². The molecule has 1 aliphatic rings. The molecule has 0 spiro atoms. The summed E-state index contributed by atoms with van der Waals surface area (Å²) in [6, 6.07) is 12.7. The van der Waals surface area contributed by atoms with Crippen molar-refractivity contribution < 1.29 is 9.59 Å². The quantitative estimate of drug-likeness (QED) is 0.756. The van der Waals surface area contributed by atoms with E-state index < -0.39 is 0 Å². The van der Waals surface area contributed by atoms with Gasteiger partial charge in [-0.3, -0.25) is 9.59 Å². The number of rotatable bonds is 4. The fourth-order valence-electron chi connectivity index (χ4n) is 3.36. The Kier molecular flexibility index (Phi) is 4.84. The molecule has 0 saturated carbocycles. The summed E-state index contributed by atoms with van der Waals surface area (Å²) >= 11 is 0. The molecule has 142 valence electrons. The SMILES string of the molecule is Cc1cc(C(=O)Nc2cccc(N3CCCCC3=O)c2)ccc1-n1cnnn1. The maximum absolute atomic E-state index is 12.7. The lowest BCUT2D eigenvalue weighted by atomic mass is 10.1. The summed E-state index contributed by atoms with van der Waals surface area (Å²) in [6.07, 6.45) is 4.01. The largest absolute Gasteiger partial charge is 0.322 e. The second kappa shape index (κ2) is 7.59. The molecule has 2 amide bonds. The molecule has 1 fully saturated rings. The van der Waals surface area contributed by atoms with Crippen LogP contribution in [-0.4, -0.2) is 38.6 Å². The van der Waals surface area contributed by atoms with Crippen LogP contribution < -0.4 is 10.2 Å². The minimum absolute atomic E-state index is 0.128. The van der Waals surface area contributed by atoms with E-state index in [-0.39, 0.29) is 11.8 Å². The van der Waals surface area contributed by atoms with Crippen LogP contribution in [0.15, 0.2) is 48.8 Å². The Hall–Kier alpha value is -3.55. The third-order valence-corrected chi connectivity index (χ3v) is 4.79. The Morgan fingerprint density at radius 3 is 2.79 bits per heavy atom. The minimum Gasteiger partial charge on any atom is -0.322 e. The van der Waals surface area contributed by atoms with E-state index in [4.69, 9.17) is 0 Å². The van der Waals surface area contributed by atoms with Crippen molar-refractivity contribution in [2.24, 2.45) is 0 Å². The maximum Gasteiger partial charge on any atom is 0.255 e. The first kappa shape index (κ1) is 17.8. The minimum atomic E-state index is -0.214. The van der Waals surface area contributed by atoms with Crippen molar-refractivity contribution >= 4 is 23.2 Å². The Morgan fingerprint density at radius 2 is 2.04 bits per heavy atom. The van der Waals surface area contributed by atoms with Gasteiger partial charge in [0.2, 0.25) is 5.91 Å². The molecule has 1 aromatic heterocycles. The topological polar surface area (TPSA) is 93.0 Å². The number of nitrogens with one attached hydrogen (secondary N) is 1. The van der Waals surface area contributed by atoms with Crippen LogP contribution in [0.4, 0.5) is 11.4 Å². The van der Waals surface area contributed by atoms with Gasteiger partial charge in [-0.1, -0.05) is 6.07 Å². The molecular weight excluding hydrogens is 356 g/mol. The molecule has 1 aliphatic heterocycles. The highest BCUT2D eigenvalue weighted by atomic mass is 16.2. The number of aromatic nitrogens is 4. The first-order valence-electron chi connectivity index (χ1n) is 9.17. The van der Waals surface area contributed by atoms with Crippen molar-refractivity contribution in [2.75, 3.05) is 16.8 Å². The summed E-state index contributed by atoms with van der Waals surface area (Å²) in [5.41, 5.74) is 3.70. The molecule has 0 bridgehead atoms. The molecule has 2 heterocycles. The Balaban J connectivity index is 1.51. The summed E-state index contributed by atoms with van der Waals surface area (Å²) in [7, 11) is 0. The molecule has 0 atom stereocenters. The zero-order valence-corrected chi connectivity index (χ0v) is 15.5. The number of nitrogens with zero attached hydrogens (tertiary/aromatic N) is 5. The van der Waals surface area contributed by atoms with Crippen molar-refractivity contribution in [1.29, 1.82) is 0 Å². The molecule has 2 aromatic carbocycles. The number of hydrogen-bond acceptors (Lipinski definition) is 5. The van der Waals surface area contributed by atoms with E-state index in [1.54, 1.807) is 21.7 Å². The van der Waals surface area contributed by atoms with Crippen LogP contribution in [0.25, 0.3) is 5.69 Å². The lowest BCUT2D eigenvalue weighted by Crippen LogP contribution is -2.35. The predicted molar refractivity (Wildman–Crippen MR) is 104 cm³/mol. The van der Waals surface area contributed by atoms with Crippen molar-refractivity contribution in [3.8, 4) is 5.69 Å². The zero-order valence-electron chi connectivity index (χ0n) is 15.5. The average molecular weight is 376 g/mol. The van der Waals surface area contributed by atoms with Gasteiger partial charge in [-0.2, -0.15) is 0 Å². The molecule has 0 radical (unpaired) electrons. The van der Waals surface area contributed by atoms with Gasteiger partial charge < -0.3 is 10.2 Å². The number of carbonyl (C=O) groups is 2. The van der Waals surface area contributed by atoms with Crippen LogP contribution in [0.1, 0.15) is 35.2 Å². The number of amides is 2. The predicted octanol–water partition coefficient (Wildman–Crippen LogP) is 2.74. The molecule has 1 saturated heterocycles. The van der Waals surface area contributed by atoms with Crippen molar-refractivity contribution in [1.82, 2.24) is 20.2 Å². The molecule has 28 heavy (non-hydrogen) atoms. The van der Waals surface area contributed by atoms with Gasteiger partial charge in [0.1, 0.15) is 6.33 Å². The molecule has 0 unspecified atom stereocenters. The summed E-state index contributed by atoms with van der Waals surface area (Å²) < 4.78 is 1.55. The van der Waals surface area contributed by atoms with Crippen molar-refractivity contribution in [2.45, 2.75) is 26.2 Å². The van der Waals surface area contributed by atoms with Gasteiger partial charge in [0.25, 0.3) is 5.91 Å². The van der Waals surface area contributed by atoms with E-state index in [2.05, 4.69) is 20.8 Å². The van der Waals surface area contributed by atoms with E-state index in [0.717, 1.165) is 29.8 Å². The van der Waals surface area contributed by atoms with Crippen LogP contribution in [0, 0.1) is 6.92 Å². The van der Waals surface area contributed by atoms with E-state index in [1.807, 2.05) is 37.3 Å². The van der Waals surface area contributed by atoms with Gasteiger partial charge in [0.05, 0.1) is 5.69 Å². The summed E-state index contributed by atoms with van der Waals surface area (Å²) in [4.78, 5) is 26.6. The lowest BCUT2D eigenvalue weighted by molar-refractivity contribution is -0.119. The Morgan fingerprint density at radius 1 is 1.14 bits per heavy atom. The molecule has 3 aromatic rings. The third kappa shape index (κ3) is 3.62. The van der Waals surface area contributed by atoms with Crippen LogP contribution in [-0.2, 0) is 4.79 Å². The third-order valence-electron chi connectivity index (χ3n) is 4.79. The van der Waals surface area contributed by atoms with Crippen LogP contribution in [0.5, 0.6) is 0 Å². The second-order valence-electron chi connectivity index (χ2n) is 6.76. The van der Waals surface area contributed by atoms with E-state index in [9.17, 15) is 9.59 Å². The number of anilines is 2. The van der Waals surface area contributed by atoms with E-state index in [1.165, 1.54) is 6.33 Å². The van der Waals surface area contributed by atoms with Gasteiger partial charge in [0, 0.05) is 29.9 Å². The zero-order chi connectivity index (χ0) is 19.5.